The summed E-state index contributed by atoms with van der Waals surface area (Å²) in [7, 11) is -3.43. The fourth-order valence-electron chi connectivity index (χ4n) is 2.94. The average Bonchev–Trinajstić information content (AvgIpc) is 3.21. The number of hydrogen-bond acceptors (Lipinski definition) is 6. The molecule has 0 bridgehead atoms. The maximum Gasteiger partial charge on any atom is 0.292 e. The first-order chi connectivity index (χ1) is 13.0. The van der Waals surface area contributed by atoms with E-state index in [1.165, 1.54) is 16.6 Å². The van der Waals surface area contributed by atoms with Gasteiger partial charge in [0.1, 0.15) is 23.3 Å². The third-order valence-corrected chi connectivity index (χ3v) is 6.24. The van der Waals surface area contributed by atoms with Crippen LogP contribution in [0.25, 0.3) is 0 Å². The molecule has 0 atom stereocenters. The van der Waals surface area contributed by atoms with E-state index in [0.717, 1.165) is 12.8 Å². The number of sulfonamides is 1. The summed E-state index contributed by atoms with van der Waals surface area (Å²) in [6.07, 6.45) is 3.27. The number of pyridine rings is 1. The molecule has 0 spiro atoms. The van der Waals surface area contributed by atoms with Crippen molar-refractivity contribution in [3.8, 4) is 0 Å². The fourth-order valence-corrected chi connectivity index (χ4v) is 4.42. The van der Waals surface area contributed by atoms with E-state index in [1.807, 2.05) is 0 Å². The van der Waals surface area contributed by atoms with Crippen LogP contribution in [-0.4, -0.2) is 43.8 Å². The normalized spacial score (nSPS) is 14.8. The first-order valence-electron chi connectivity index (χ1n) is 8.71. The van der Waals surface area contributed by atoms with Crippen molar-refractivity contribution >= 4 is 27.2 Å². The van der Waals surface area contributed by atoms with Crippen LogP contribution >= 0.6 is 0 Å². The molecule has 0 amide bonds. The number of aromatic nitrogens is 1. The Labute approximate surface area is 157 Å². The SMILES string of the molecule is O=[N+]([O-])c1ccccc1NCCNc1ccc(S(=O)(=O)N2CCCC2)c[nH+]1. The Kier molecular flexibility index (Phi) is 5.87. The molecule has 1 aliphatic heterocycles. The quantitative estimate of drug-likeness (QED) is 0.401. The third kappa shape index (κ3) is 4.52. The zero-order valence-corrected chi connectivity index (χ0v) is 15.5. The molecule has 1 aromatic heterocycles. The van der Waals surface area contributed by atoms with Crippen molar-refractivity contribution in [3.05, 3.63) is 52.7 Å². The number of nitrogens with zero attached hydrogens (tertiary/aromatic N) is 2. The van der Waals surface area contributed by atoms with Gasteiger partial charge in [-0.2, -0.15) is 4.31 Å². The van der Waals surface area contributed by atoms with Gasteiger partial charge in [0.25, 0.3) is 11.5 Å². The standard InChI is InChI=1S/C17H21N5O4S/c23-22(24)16-6-2-1-5-15(16)18-9-10-19-17-8-7-14(13-20-17)27(25,26)21-11-3-4-12-21/h1-2,5-8,13,18H,3-4,9-12H2,(H,19,20)/p+1. The molecule has 1 saturated heterocycles. The minimum atomic E-state index is -3.43. The smallest absolute Gasteiger partial charge is 0.292 e. The molecule has 10 heteroatoms. The summed E-state index contributed by atoms with van der Waals surface area (Å²) in [5.74, 6) is 0.666. The summed E-state index contributed by atoms with van der Waals surface area (Å²) in [6.45, 7) is 2.10. The minimum Gasteiger partial charge on any atom is -0.376 e. The number of benzene rings is 1. The first kappa shape index (κ1) is 19.1. The largest absolute Gasteiger partial charge is 0.376 e. The number of anilines is 2. The van der Waals surface area contributed by atoms with E-state index < -0.39 is 14.9 Å². The van der Waals surface area contributed by atoms with E-state index in [4.69, 9.17) is 0 Å². The molecule has 9 nitrogen and oxygen atoms in total. The molecule has 144 valence electrons. The molecule has 2 heterocycles. The van der Waals surface area contributed by atoms with Crippen LogP contribution < -0.4 is 15.6 Å². The highest BCUT2D eigenvalue weighted by molar-refractivity contribution is 7.89. The number of nitrogens with one attached hydrogen (secondary N) is 3. The third-order valence-electron chi connectivity index (χ3n) is 4.34. The molecule has 0 radical (unpaired) electrons. The van der Waals surface area contributed by atoms with Gasteiger partial charge in [0.2, 0.25) is 10.0 Å². The van der Waals surface area contributed by atoms with Crippen LogP contribution in [0.3, 0.4) is 0 Å². The number of para-hydroxylation sites is 2. The van der Waals surface area contributed by atoms with Crippen LogP contribution in [-0.2, 0) is 10.0 Å². The Balaban J connectivity index is 1.53. The van der Waals surface area contributed by atoms with E-state index >= 15 is 0 Å². The van der Waals surface area contributed by atoms with Gasteiger partial charge in [0.05, 0.1) is 11.5 Å². The Bertz CT molecular complexity index is 896. The molecular formula is C17H22N5O4S+. The van der Waals surface area contributed by atoms with Crippen LogP contribution in [0.1, 0.15) is 12.8 Å². The monoisotopic (exact) mass is 392 g/mol. The highest BCUT2D eigenvalue weighted by Crippen LogP contribution is 2.23. The van der Waals surface area contributed by atoms with E-state index in [-0.39, 0.29) is 10.6 Å². The Morgan fingerprint density at radius 3 is 2.44 bits per heavy atom. The van der Waals surface area contributed by atoms with Crippen LogP contribution in [0.4, 0.5) is 17.2 Å². The summed E-state index contributed by atoms with van der Waals surface area (Å²) in [6, 6.07) is 9.70. The van der Waals surface area contributed by atoms with Crippen LogP contribution in [0, 0.1) is 10.1 Å². The van der Waals surface area contributed by atoms with Gasteiger partial charge in [-0.05, 0) is 25.0 Å². The zero-order valence-electron chi connectivity index (χ0n) is 14.7. The molecule has 1 aromatic carbocycles. The Morgan fingerprint density at radius 2 is 1.78 bits per heavy atom. The maximum atomic E-state index is 12.5. The first-order valence-corrected chi connectivity index (χ1v) is 10.2. The van der Waals surface area contributed by atoms with Crippen molar-refractivity contribution in [3.63, 3.8) is 0 Å². The van der Waals surface area contributed by atoms with Gasteiger partial charge in [-0.25, -0.2) is 13.4 Å². The second-order valence-corrected chi connectivity index (χ2v) is 8.11. The zero-order chi connectivity index (χ0) is 19.3. The van der Waals surface area contributed by atoms with Crippen LogP contribution in [0.15, 0.2) is 47.5 Å². The lowest BCUT2D eigenvalue weighted by molar-refractivity contribution is -0.384. The average molecular weight is 392 g/mol. The van der Waals surface area contributed by atoms with Crippen molar-refractivity contribution in [2.45, 2.75) is 17.7 Å². The second kappa shape index (κ2) is 8.31. The highest BCUT2D eigenvalue weighted by Gasteiger charge is 2.27. The van der Waals surface area contributed by atoms with Gasteiger partial charge in [0.15, 0.2) is 0 Å². The van der Waals surface area contributed by atoms with Gasteiger partial charge < -0.3 is 5.32 Å². The van der Waals surface area contributed by atoms with Crippen LogP contribution in [0.5, 0.6) is 0 Å². The molecule has 3 rings (SSSR count). The van der Waals surface area contributed by atoms with Gasteiger partial charge >= 0.3 is 0 Å². The van der Waals surface area contributed by atoms with Crippen molar-refractivity contribution in [1.29, 1.82) is 0 Å². The summed E-state index contributed by atoms with van der Waals surface area (Å²) < 4.78 is 26.4. The second-order valence-electron chi connectivity index (χ2n) is 6.18. The van der Waals surface area contributed by atoms with E-state index in [9.17, 15) is 18.5 Å². The minimum absolute atomic E-state index is 0.0283. The van der Waals surface area contributed by atoms with Gasteiger partial charge in [-0.15, -0.1) is 0 Å². The summed E-state index contributed by atoms with van der Waals surface area (Å²) in [5.41, 5.74) is 0.487. The number of H-pyrrole nitrogens is 1. The number of nitro benzene ring substituents is 1. The van der Waals surface area contributed by atoms with Gasteiger partial charge in [0, 0.05) is 25.2 Å². The maximum absolute atomic E-state index is 12.5. The lowest BCUT2D eigenvalue weighted by Crippen LogP contribution is -2.29. The Morgan fingerprint density at radius 1 is 1.07 bits per heavy atom. The molecule has 3 N–H and O–H groups in total. The van der Waals surface area contributed by atoms with Crippen molar-refractivity contribution in [2.24, 2.45) is 0 Å². The molecule has 0 aliphatic carbocycles. The number of hydrogen-bond donors (Lipinski definition) is 2. The predicted octanol–water partition coefficient (Wildman–Crippen LogP) is 1.72. The molecule has 0 unspecified atom stereocenters. The number of rotatable bonds is 8. The molecular weight excluding hydrogens is 370 g/mol. The summed E-state index contributed by atoms with van der Waals surface area (Å²) in [4.78, 5) is 13.7. The lowest BCUT2D eigenvalue weighted by Gasteiger charge is -2.14. The molecule has 0 saturated carbocycles. The molecule has 1 aliphatic rings. The number of aromatic amines is 1. The Hall–Kier alpha value is -2.72. The summed E-state index contributed by atoms with van der Waals surface area (Å²) in [5, 5.41) is 17.1. The summed E-state index contributed by atoms with van der Waals surface area (Å²) >= 11 is 0. The van der Waals surface area contributed by atoms with E-state index in [0.29, 0.717) is 37.7 Å². The van der Waals surface area contributed by atoms with Gasteiger partial charge in [-0.3, -0.25) is 15.4 Å². The van der Waals surface area contributed by atoms with Crippen LogP contribution in [0.2, 0.25) is 0 Å². The highest BCUT2D eigenvalue weighted by atomic mass is 32.2. The van der Waals surface area contributed by atoms with Crippen molar-refractivity contribution < 1.29 is 18.3 Å². The van der Waals surface area contributed by atoms with E-state index in [2.05, 4.69) is 15.6 Å². The van der Waals surface area contributed by atoms with E-state index in [1.54, 1.807) is 30.3 Å². The predicted molar refractivity (Wildman–Crippen MR) is 101 cm³/mol. The van der Waals surface area contributed by atoms with Gasteiger partial charge in [-0.1, -0.05) is 12.1 Å². The van der Waals surface area contributed by atoms with Crippen molar-refractivity contribution in [1.82, 2.24) is 4.31 Å². The van der Waals surface area contributed by atoms with Crippen molar-refractivity contribution in [2.75, 3.05) is 36.8 Å². The topological polar surface area (TPSA) is 119 Å². The molecule has 1 fully saturated rings. The molecule has 2 aromatic rings. The fraction of sp³-hybridized carbons (Fsp3) is 0.353. The number of nitro groups is 1. The molecule has 27 heavy (non-hydrogen) atoms. The lowest BCUT2D eigenvalue weighted by atomic mass is 10.2.